The van der Waals surface area contributed by atoms with Gasteiger partial charge in [-0.3, -0.25) is 9.59 Å². The fourth-order valence-corrected chi connectivity index (χ4v) is 2.40. The number of nitrogens with one attached hydrogen (secondary N) is 2. The van der Waals surface area contributed by atoms with Gasteiger partial charge in [-0.15, -0.1) is 0 Å². The largest absolute Gasteiger partial charge is 0.416 e. The molecule has 0 aromatic heterocycles. The summed E-state index contributed by atoms with van der Waals surface area (Å²) in [5.41, 5.74) is 1.71. The Balaban J connectivity index is 1.85. The van der Waals surface area contributed by atoms with E-state index in [1.54, 1.807) is 24.3 Å². The van der Waals surface area contributed by atoms with Crippen molar-refractivity contribution in [3.05, 3.63) is 63.6 Å². The number of hydrogen-bond acceptors (Lipinski definition) is 3. The van der Waals surface area contributed by atoms with E-state index in [-0.39, 0.29) is 23.6 Å². The summed E-state index contributed by atoms with van der Waals surface area (Å²) in [7, 11) is 0. The molecule has 0 aliphatic rings. The van der Waals surface area contributed by atoms with Gasteiger partial charge < -0.3 is 5.32 Å². The SMILES string of the molecule is O=C(CCC(=O)Nc1cc(C(F)(F)F)ccc1Cl)N/N=C\c1ccccc1Cl. The molecule has 5 nitrogen and oxygen atoms in total. The first-order chi connectivity index (χ1) is 13.2. The molecule has 0 spiro atoms. The predicted molar refractivity (Wildman–Crippen MR) is 102 cm³/mol. The number of carbonyl (C=O) groups is 2. The lowest BCUT2D eigenvalue weighted by atomic mass is 10.2. The van der Waals surface area contributed by atoms with Gasteiger partial charge in [-0.05, 0) is 24.3 Å². The van der Waals surface area contributed by atoms with Crippen LogP contribution in [0.3, 0.4) is 0 Å². The zero-order valence-corrected chi connectivity index (χ0v) is 15.7. The quantitative estimate of drug-likeness (QED) is 0.505. The van der Waals surface area contributed by atoms with Crippen molar-refractivity contribution in [1.29, 1.82) is 0 Å². The zero-order valence-electron chi connectivity index (χ0n) is 14.2. The normalized spacial score (nSPS) is 11.5. The summed E-state index contributed by atoms with van der Waals surface area (Å²) in [5.74, 6) is -1.21. The first-order valence-electron chi connectivity index (χ1n) is 7.90. The maximum absolute atomic E-state index is 12.7. The number of nitrogens with zero attached hydrogens (tertiary/aromatic N) is 1. The minimum atomic E-state index is -4.57. The summed E-state index contributed by atoms with van der Waals surface area (Å²) >= 11 is 11.7. The Morgan fingerprint density at radius 3 is 2.36 bits per heavy atom. The highest BCUT2D eigenvalue weighted by molar-refractivity contribution is 6.33. The minimum Gasteiger partial charge on any atom is -0.325 e. The Kier molecular flexibility index (Phi) is 7.42. The Morgan fingerprint density at radius 1 is 1.00 bits per heavy atom. The molecule has 0 radical (unpaired) electrons. The van der Waals surface area contributed by atoms with Crippen LogP contribution in [0.5, 0.6) is 0 Å². The molecular formula is C18H14Cl2F3N3O2. The molecule has 0 aliphatic carbocycles. The van der Waals surface area contributed by atoms with E-state index in [0.29, 0.717) is 10.6 Å². The molecule has 28 heavy (non-hydrogen) atoms. The van der Waals surface area contributed by atoms with Crippen LogP contribution in [0, 0.1) is 0 Å². The van der Waals surface area contributed by atoms with E-state index in [1.807, 2.05) is 0 Å². The molecular weight excluding hydrogens is 418 g/mol. The predicted octanol–water partition coefficient (Wildman–Crippen LogP) is 4.88. The molecule has 2 N–H and O–H groups in total. The maximum Gasteiger partial charge on any atom is 0.416 e. The molecule has 2 rings (SSSR count). The number of hydrogen-bond donors (Lipinski definition) is 2. The number of alkyl halides is 3. The number of amides is 2. The third kappa shape index (κ3) is 6.54. The van der Waals surface area contributed by atoms with Crippen LogP contribution in [0.25, 0.3) is 0 Å². The van der Waals surface area contributed by atoms with Crippen LogP contribution in [0.15, 0.2) is 47.6 Å². The van der Waals surface area contributed by atoms with E-state index in [9.17, 15) is 22.8 Å². The second kappa shape index (κ2) is 9.57. The fraction of sp³-hybridized carbons (Fsp3) is 0.167. The molecule has 2 aromatic carbocycles. The third-order valence-corrected chi connectivity index (χ3v) is 4.12. The fourth-order valence-electron chi connectivity index (χ4n) is 2.05. The van der Waals surface area contributed by atoms with Gasteiger partial charge in [-0.25, -0.2) is 5.43 Å². The molecule has 0 atom stereocenters. The lowest BCUT2D eigenvalue weighted by molar-refractivity contribution is -0.137. The van der Waals surface area contributed by atoms with Crippen molar-refractivity contribution in [2.75, 3.05) is 5.32 Å². The van der Waals surface area contributed by atoms with Crippen LogP contribution < -0.4 is 10.7 Å². The Morgan fingerprint density at radius 2 is 1.68 bits per heavy atom. The average molecular weight is 432 g/mol. The van der Waals surface area contributed by atoms with Crippen molar-refractivity contribution in [2.24, 2.45) is 5.10 Å². The van der Waals surface area contributed by atoms with Gasteiger partial charge >= 0.3 is 6.18 Å². The molecule has 0 unspecified atom stereocenters. The van der Waals surface area contributed by atoms with Gasteiger partial charge in [0.1, 0.15) is 0 Å². The van der Waals surface area contributed by atoms with E-state index in [0.717, 1.165) is 18.2 Å². The van der Waals surface area contributed by atoms with Crippen molar-refractivity contribution in [1.82, 2.24) is 5.43 Å². The second-order valence-electron chi connectivity index (χ2n) is 5.56. The highest BCUT2D eigenvalue weighted by Crippen LogP contribution is 2.33. The van der Waals surface area contributed by atoms with Crippen molar-refractivity contribution in [3.8, 4) is 0 Å². The van der Waals surface area contributed by atoms with Gasteiger partial charge in [-0.1, -0.05) is 41.4 Å². The average Bonchev–Trinajstić information content (AvgIpc) is 2.62. The zero-order chi connectivity index (χ0) is 20.7. The monoisotopic (exact) mass is 431 g/mol. The van der Waals surface area contributed by atoms with Gasteiger partial charge in [-0.2, -0.15) is 18.3 Å². The molecule has 0 saturated heterocycles. The number of benzene rings is 2. The van der Waals surface area contributed by atoms with E-state index in [1.165, 1.54) is 6.21 Å². The van der Waals surface area contributed by atoms with Crippen LogP contribution >= 0.6 is 23.2 Å². The third-order valence-electron chi connectivity index (χ3n) is 3.45. The standard InChI is InChI=1S/C18H14Cl2F3N3O2/c19-13-4-2-1-3-11(13)10-24-26-17(28)8-7-16(27)25-15-9-12(18(21,22)23)5-6-14(15)20/h1-6,9-10H,7-8H2,(H,25,27)(H,26,28)/b24-10-. The van der Waals surface area contributed by atoms with E-state index in [2.05, 4.69) is 15.8 Å². The highest BCUT2D eigenvalue weighted by Gasteiger charge is 2.31. The summed E-state index contributed by atoms with van der Waals surface area (Å²) in [4.78, 5) is 23.6. The number of hydrazone groups is 1. The number of carbonyl (C=O) groups excluding carboxylic acids is 2. The first-order valence-corrected chi connectivity index (χ1v) is 8.65. The van der Waals surface area contributed by atoms with Gasteiger partial charge in [0, 0.05) is 23.4 Å². The van der Waals surface area contributed by atoms with Crippen LogP contribution in [0.2, 0.25) is 10.0 Å². The molecule has 0 aliphatic heterocycles. The maximum atomic E-state index is 12.7. The summed E-state index contributed by atoms with van der Waals surface area (Å²) in [6, 6.07) is 9.43. The number of anilines is 1. The number of halogens is 5. The van der Waals surface area contributed by atoms with Gasteiger partial charge in [0.25, 0.3) is 0 Å². The van der Waals surface area contributed by atoms with Crippen LogP contribution in [0.1, 0.15) is 24.0 Å². The van der Waals surface area contributed by atoms with Gasteiger partial charge in [0.2, 0.25) is 11.8 Å². The van der Waals surface area contributed by atoms with Crippen LogP contribution in [0.4, 0.5) is 18.9 Å². The van der Waals surface area contributed by atoms with Crippen LogP contribution in [-0.4, -0.2) is 18.0 Å². The summed E-state index contributed by atoms with van der Waals surface area (Å²) in [6.45, 7) is 0. The topological polar surface area (TPSA) is 70.6 Å². The molecule has 0 heterocycles. The lowest BCUT2D eigenvalue weighted by Gasteiger charge is -2.11. The summed E-state index contributed by atoms with van der Waals surface area (Å²) in [6.07, 6.45) is -3.70. The molecule has 148 valence electrons. The summed E-state index contributed by atoms with van der Waals surface area (Å²) < 4.78 is 38.2. The number of rotatable bonds is 6. The van der Waals surface area contributed by atoms with E-state index in [4.69, 9.17) is 23.2 Å². The van der Waals surface area contributed by atoms with E-state index >= 15 is 0 Å². The van der Waals surface area contributed by atoms with Crippen molar-refractivity contribution >= 4 is 46.9 Å². The van der Waals surface area contributed by atoms with Crippen LogP contribution in [-0.2, 0) is 15.8 Å². The molecule has 0 bridgehead atoms. The summed E-state index contributed by atoms with van der Waals surface area (Å²) in [5, 5.41) is 6.40. The highest BCUT2D eigenvalue weighted by atomic mass is 35.5. The molecule has 2 aromatic rings. The molecule has 2 amide bonds. The second-order valence-corrected chi connectivity index (χ2v) is 6.37. The van der Waals surface area contributed by atoms with Crippen molar-refractivity contribution < 1.29 is 22.8 Å². The Hall–Kier alpha value is -2.58. The first kappa shape index (κ1) is 21.7. The smallest absolute Gasteiger partial charge is 0.325 e. The lowest BCUT2D eigenvalue weighted by Crippen LogP contribution is -2.21. The Labute approximate surface area is 168 Å². The van der Waals surface area contributed by atoms with Gasteiger partial charge in [0.05, 0.1) is 22.5 Å². The molecule has 10 heteroatoms. The van der Waals surface area contributed by atoms with Crippen molar-refractivity contribution in [2.45, 2.75) is 19.0 Å². The Bertz CT molecular complexity index is 902. The molecule has 0 saturated carbocycles. The minimum absolute atomic E-state index is 0.0462. The van der Waals surface area contributed by atoms with Crippen molar-refractivity contribution in [3.63, 3.8) is 0 Å². The molecule has 0 fully saturated rings. The van der Waals surface area contributed by atoms with Gasteiger partial charge in [0.15, 0.2) is 0 Å². The van der Waals surface area contributed by atoms with E-state index < -0.39 is 23.6 Å².